The van der Waals surface area contributed by atoms with Crippen LogP contribution in [0.4, 0.5) is 0 Å². The van der Waals surface area contributed by atoms with Crippen molar-refractivity contribution in [3.8, 4) is 28.9 Å². The van der Waals surface area contributed by atoms with Crippen LogP contribution in [-0.4, -0.2) is 17.2 Å². The molecular formula is C20H22N2O5. The summed E-state index contributed by atoms with van der Waals surface area (Å²) in [5, 5.41) is 6.72. The Hall–Kier alpha value is -3.22. The van der Waals surface area contributed by atoms with Crippen molar-refractivity contribution >= 4 is 5.91 Å². The summed E-state index contributed by atoms with van der Waals surface area (Å²) in [6.07, 6.45) is 0.116. The van der Waals surface area contributed by atoms with E-state index in [-0.39, 0.29) is 18.1 Å². The summed E-state index contributed by atoms with van der Waals surface area (Å²) in [7, 11) is 0. The van der Waals surface area contributed by atoms with Gasteiger partial charge >= 0.3 is 0 Å². The molecule has 0 aliphatic rings. The van der Waals surface area contributed by atoms with E-state index in [4.69, 9.17) is 18.4 Å². The van der Waals surface area contributed by atoms with Crippen LogP contribution in [0.1, 0.15) is 39.5 Å². The quantitative estimate of drug-likeness (QED) is 0.648. The Morgan fingerprint density at radius 3 is 2.44 bits per heavy atom. The summed E-state index contributed by atoms with van der Waals surface area (Å²) in [6, 6.07) is 12.2. The zero-order chi connectivity index (χ0) is 19.4. The molecule has 1 amide bonds. The van der Waals surface area contributed by atoms with E-state index in [9.17, 15) is 4.79 Å². The minimum absolute atomic E-state index is 0.116. The van der Waals surface area contributed by atoms with Gasteiger partial charge in [0.1, 0.15) is 17.2 Å². The minimum atomic E-state index is -0.277. The highest BCUT2D eigenvalue weighted by Crippen LogP contribution is 2.31. The molecular weight excluding hydrogens is 348 g/mol. The lowest BCUT2D eigenvalue weighted by atomic mass is 10.2. The fourth-order valence-corrected chi connectivity index (χ4v) is 2.47. The molecule has 0 saturated carbocycles. The van der Waals surface area contributed by atoms with Gasteiger partial charge in [-0.05, 0) is 51.1 Å². The zero-order valence-electron chi connectivity index (χ0n) is 15.7. The molecule has 0 aliphatic carbocycles. The van der Waals surface area contributed by atoms with Crippen molar-refractivity contribution in [2.45, 2.75) is 39.8 Å². The number of rotatable bonds is 7. The summed E-state index contributed by atoms with van der Waals surface area (Å²) in [4.78, 5) is 11.1. The van der Waals surface area contributed by atoms with Gasteiger partial charge in [-0.1, -0.05) is 5.16 Å². The topological polar surface area (TPSA) is 86.7 Å². The number of amides is 1. The molecule has 0 bridgehead atoms. The number of aromatic nitrogens is 1. The molecule has 27 heavy (non-hydrogen) atoms. The normalized spacial score (nSPS) is 12.0. The van der Waals surface area contributed by atoms with E-state index in [0.717, 1.165) is 5.75 Å². The number of carbonyl (C=O) groups is 1. The van der Waals surface area contributed by atoms with Crippen LogP contribution in [0.2, 0.25) is 0 Å². The van der Waals surface area contributed by atoms with Crippen LogP contribution in [0, 0.1) is 0 Å². The van der Waals surface area contributed by atoms with E-state index in [1.807, 2.05) is 45.0 Å². The molecule has 7 nitrogen and oxygen atoms in total. The summed E-state index contributed by atoms with van der Waals surface area (Å²) in [6.45, 7) is 7.21. The van der Waals surface area contributed by atoms with Crippen molar-refractivity contribution in [1.29, 1.82) is 0 Å². The van der Waals surface area contributed by atoms with E-state index >= 15 is 0 Å². The standard InChI is InChI=1S/C20H22N2O5/c1-12(2)24-15-5-7-16(8-6-15)25-20-10-9-18(26-20)17-11-19(27-22-17)13(3)21-14(4)23/h5-13H,1-4H3,(H,21,23). The molecule has 2 heterocycles. The Morgan fingerprint density at radius 2 is 1.78 bits per heavy atom. The Morgan fingerprint density at radius 1 is 1.07 bits per heavy atom. The highest BCUT2D eigenvalue weighted by Gasteiger charge is 2.16. The molecule has 1 atom stereocenters. The maximum atomic E-state index is 11.1. The monoisotopic (exact) mass is 370 g/mol. The summed E-state index contributed by atoms with van der Waals surface area (Å²) in [5.41, 5.74) is 0.526. The number of hydrogen-bond donors (Lipinski definition) is 1. The third kappa shape index (κ3) is 4.91. The minimum Gasteiger partial charge on any atom is -0.491 e. The fraction of sp³-hybridized carbons (Fsp3) is 0.300. The first-order valence-corrected chi connectivity index (χ1v) is 8.69. The molecule has 1 aromatic carbocycles. The van der Waals surface area contributed by atoms with E-state index in [1.165, 1.54) is 6.92 Å². The number of ether oxygens (including phenoxy) is 2. The zero-order valence-corrected chi connectivity index (χ0v) is 15.7. The predicted octanol–water partition coefficient (Wildman–Crippen LogP) is 4.71. The van der Waals surface area contributed by atoms with Crippen molar-refractivity contribution in [2.24, 2.45) is 0 Å². The van der Waals surface area contributed by atoms with Gasteiger partial charge in [-0.2, -0.15) is 0 Å². The Bertz CT molecular complexity index is 895. The molecule has 0 spiro atoms. The van der Waals surface area contributed by atoms with Gasteiger partial charge in [-0.3, -0.25) is 4.79 Å². The number of hydrogen-bond acceptors (Lipinski definition) is 6. The van der Waals surface area contributed by atoms with Gasteiger partial charge in [0.05, 0.1) is 12.1 Å². The number of nitrogens with one attached hydrogen (secondary N) is 1. The van der Waals surface area contributed by atoms with Gasteiger partial charge in [-0.15, -0.1) is 0 Å². The first-order valence-electron chi connectivity index (χ1n) is 8.69. The van der Waals surface area contributed by atoms with Crippen LogP contribution in [0.5, 0.6) is 17.4 Å². The second-order valence-electron chi connectivity index (χ2n) is 6.40. The first-order chi connectivity index (χ1) is 12.9. The Kier molecular flexibility index (Phi) is 5.49. The van der Waals surface area contributed by atoms with Crippen LogP contribution in [-0.2, 0) is 4.79 Å². The van der Waals surface area contributed by atoms with Gasteiger partial charge in [0.15, 0.2) is 11.5 Å². The molecule has 1 unspecified atom stereocenters. The molecule has 0 fully saturated rings. The first kappa shape index (κ1) is 18.6. The smallest absolute Gasteiger partial charge is 0.290 e. The van der Waals surface area contributed by atoms with Crippen LogP contribution in [0.15, 0.2) is 51.4 Å². The number of carbonyl (C=O) groups excluding carboxylic acids is 1. The number of furan rings is 1. The van der Waals surface area contributed by atoms with Crippen molar-refractivity contribution in [1.82, 2.24) is 10.5 Å². The van der Waals surface area contributed by atoms with Gasteiger partial charge in [0.2, 0.25) is 5.91 Å². The maximum absolute atomic E-state index is 11.1. The van der Waals surface area contributed by atoms with Crippen molar-refractivity contribution in [3.05, 3.63) is 48.2 Å². The molecule has 3 aromatic rings. The molecule has 7 heteroatoms. The molecule has 0 aliphatic heterocycles. The van der Waals surface area contributed by atoms with Gasteiger partial charge in [-0.25, -0.2) is 0 Å². The third-order valence-electron chi connectivity index (χ3n) is 3.62. The lowest BCUT2D eigenvalue weighted by Gasteiger charge is -2.09. The summed E-state index contributed by atoms with van der Waals surface area (Å²) >= 11 is 0. The average Bonchev–Trinajstić information content (AvgIpc) is 3.25. The van der Waals surface area contributed by atoms with Crippen LogP contribution >= 0.6 is 0 Å². The lowest BCUT2D eigenvalue weighted by Crippen LogP contribution is -2.23. The van der Waals surface area contributed by atoms with Crippen molar-refractivity contribution in [3.63, 3.8) is 0 Å². The second kappa shape index (κ2) is 7.99. The van der Waals surface area contributed by atoms with Crippen LogP contribution in [0.25, 0.3) is 11.5 Å². The highest BCUT2D eigenvalue weighted by molar-refractivity contribution is 5.73. The van der Waals surface area contributed by atoms with Gasteiger partial charge in [0, 0.05) is 19.1 Å². The average molecular weight is 370 g/mol. The predicted molar refractivity (Wildman–Crippen MR) is 98.7 cm³/mol. The Balaban J connectivity index is 1.66. The molecule has 142 valence electrons. The Labute approximate surface area is 157 Å². The maximum Gasteiger partial charge on any atom is 0.290 e. The number of benzene rings is 1. The second-order valence-corrected chi connectivity index (χ2v) is 6.40. The fourth-order valence-electron chi connectivity index (χ4n) is 2.47. The third-order valence-corrected chi connectivity index (χ3v) is 3.62. The largest absolute Gasteiger partial charge is 0.491 e. The summed E-state index contributed by atoms with van der Waals surface area (Å²) < 4.78 is 22.3. The lowest BCUT2D eigenvalue weighted by molar-refractivity contribution is -0.119. The highest BCUT2D eigenvalue weighted by atomic mass is 16.6. The van der Waals surface area contributed by atoms with Gasteiger partial charge in [0.25, 0.3) is 5.95 Å². The van der Waals surface area contributed by atoms with E-state index in [2.05, 4.69) is 10.5 Å². The van der Waals surface area contributed by atoms with E-state index < -0.39 is 0 Å². The van der Waals surface area contributed by atoms with Gasteiger partial charge < -0.3 is 23.7 Å². The summed E-state index contributed by atoms with van der Waals surface area (Å²) in [5.74, 6) is 2.66. The van der Waals surface area contributed by atoms with E-state index in [1.54, 1.807) is 18.2 Å². The molecule has 2 aromatic heterocycles. The molecule has 0 radical (unpaired) electrons. The molecule has 1 N–H and O–H groups in total. The van der Waals surface area contributed by atoms with E-state index in [0.29, 0.717) is 28.9 Å². The van der Waals surface area contributed by atoms with Crippen molar-refractivity contribution in [2.75, 3.05) is 0 Å². The number of nitrogens with zero attached hydrogens (tertiary/aromatic N) is 1. The molecule has 0 saturated heterocycles. The van der Waals surface area contributed by atoms with Crippen molar-refractivity contribution < 1.29 is 23.2 Å². The molecule has 3 rings (SSSR count). The SMILES string of the molecule is CC(=O)NC(C)c1cc(-c2ccc(Oc3ccc(OC(C)C)cc3)o2)no1. The van der Waals surface area contributed by atoms with Crippen LogP contribution in [0.3, 0.4) is 0 Å². The van der Waals surface area contributed by atoms with Crippen LogP contribution < -0.4 is 14.8 Å².